The molecule has 10 aromatic carbocycles. The minimum atomic E-state index is 0.780. The van der Waals surface area contributed by atoms with Crippen LogP contribution in [0.4, 0.5) is 0 Å². The Hall–Kier alpha value is -9.86. The van der Waals surface area contributed by atoms with Crippen molar-refractivity contribution in [3.63, 3.8) is 0 Å². The first-order valence-electron chi connectivity index (χ1n) is 24.0. The van der Waals surface area contributed by atoms with E-state index in [9.17, 15) is 0 Å². The molecule has 0 aliphatic carbocycles. The molecule has 9 heteroatoms. The molecule has 17 aromatic rings. The Kier molecular flexibility index (Phi) is 7.03. The second kappa shape index (κ2) is 13.4. The van der Waals surface area contributed by atoms with E-state index < -0.39 is 0 Å². The first-order valence-corrected chi connectivity index (χ1v) is 24.0. The Labute approximate surface area is 402 Å². The van der Waals surface area contributed by atoms with Crippen molar-refractivity contribution in [2.45, 2.75) is 0 Å². The van der Waals surface area contributed by atoms with Gasteiger partial charge in [0.25, 0.3) is 0 Å². The summed E-state index contributed by atoms with van der Waals surface area (Å²) in [6, 6.07) is 78.0. The maximum Gasteiger partial charge on any atom is 0.220 e. The highest BCUT2D eigenvalue weighted by Crippen LogP contribution is 2.43. The van der Waals surface area contributed by atoms with Gasteiger partial charge >= 0.3 is 0 Å². The Bertz CT molecular complexity index is 5040. The van der Waals surface area contributed by atoms with Crippen LogP contribution in [-0.4, -0.2) is 37.0 Å². The van der Waals surface area contributed by atoms with Crippen molar-refractivity contribution < 1.29 is 4.42 Å². The molecule has 0 atom stereocenters. The molecule has 7 aromatic heterocycles. The quantitative estimate of drug-likeness (QED) is 0.177. The zero-order valence-electron chi connectivity index (χ0n) is 37.8. The average molecular weight is 909 g/mol. The van der Waals surface area contributed by atoms with E-state index in [0.717, 1.165) is 100 Å². The topological polar surface area (TPSA) is 67.5 Å². The van der Waals surface area contributed by atoms with Crippen molar-refractivity contribution in [3.05, 3.63) is 218 Å². The molecule has 0 radical (unpaired) electrons. The molecule has 17 rings (SSSR count). The molecule has 0 amide bonds. The van der Waals surface area contributed by atoms with E-state index in [0.29, 0.717) is 0 Å². The summed E-state index contributed by atoms with van der Waals surface area (Å²) in [5, 5.41) is 6.94. The van der Waals surface area contributed by atoms with E-state index in [-0.39, 0.29) is 0 Å². The van der Waals surface area contributed by atoms with Gasteiger partial charge in [0.1, 0.15) is 5.58 Å². The van der Waals surface area contributed by atoms with E-state index >= 15 is 0 Å². The maximum absolute atomic E-state index is 7.12. The lowest BCUT2D eigenvalue weighted by Crippen LogP contribution is -1.97. The van der Waals surface area contributed by atoms with E-state index in [2.05, 4.69) is 245 Å². The second-order valence-corrected chi connectivity index (χ2v) is 18.6. The number of imidazole rings is 4. The maximum atomic E-state index is 7.12. The highest BCUT2D eigenvalue weighted by Gasteiger charge is 2.26. The fourth-order valence-electron chi connectivity index (χ4n) is 12.1. The van der Waals surface area contributed by atoms with Gasteiger partial charge in [-0.2, -0.15) is 0 Å². The summed E-state index contributed by atoms with van der Waals surface area (Å²) >= 11 is 0. The molecule has 0 N–H and O–H groups in total. The van der Waals surface area contributed by atoms with Crippen LogP contribution in [0.25, 0.3) is 144 Å². The molecular weight excluding hydrogens is 873 g/mol. The standard InChI is InChI=1S/C62H36N8O/c1-7-22-46-39(15-1)40-16-2-8-23-47(40)65(46)37-31-33-52-56(35-37)67-50-26-11-5-20-44(50)63-61(67)69(52)54-28-14-30-58-59(54)43-19-13-29-55(60(43)71-58)70-53-34-32-38(36-57(53)68-51-27-12-6-21-45(51)64-62(68)70)66-48-24-9-3-17-41(48)42-18-4-10-25-49(42)66/h1-36H. The zero-order valence-corrected chi connectivity index (χ0v) is 37.8. The van der Waals surface area contributed by atoms with Crippen LogP contribution in [0.2, 0.25) is 0 Å². The summed E-state index contributed by atoms with van der Waals surface area (Å²) in [4.78, 5) is 10.7. The van der Waals surface area contributed by atoms with Crippen LogP contribution in [0.1, 0.15) is 0 Å². The molecule has 0 unspecified atom stereocenters. The van der Waals surface area contributed by atoms with Crippen molar-refractivity contribution in [2.24, 2.45) is 0 Å². The lowest BCUT2D eigenvalue weighted by molar-refractivity contribution is 0.666. The van der Waals surface area contributed by atoms with Crippen molar-refractivity contribution >= 4 is 121 Å². The summed E-state index contributed by atoms with van der Waals surface area (Å²) in [6.45, 7) is 0. The number of nitrogens with zero attached hydrogens (tertiary/aromatic N) is 8. The lowest BCUT2D eigenvalue weighted by atomic mass is 10.1. The molecule has 9 nitrogen and oxygen atoms in total. The monoisotopic (exact) mass is 908 g/mol. The number of hydrogen-bond donors (Lipinski definition) is 0. The van der Waals surface area contributed by atoms with E-state index in [1.807, 2.05) is 0 Å². The molecule has 0 bridgehead atoms. The summed E-state index contributed by atoms with van der Waals surface area (Å²) in [5.74, 6) is 1.65. The van der Waals surface area contributed by atoms with E-state index in [4.69, 9.17) is 14.4 Å². The average Bonchev–Trinajstić information content (AvgIpc) is 4.29. The molecule has 7 heterocycles. The van der Waals surface area contributed by atoms with Crippen molar-refractivity contribution in [1.29, 1.82) is 0 Å². The first kappa shape index (κ1) is 37.2. The number of benzene rings is 10. The second-order valence-electron chi connectivity index (χ2n) is 18.6. The summed E-state index contributed by atoms with van der Waals surface area (Å²) in [7, 11) is 0. The van der Waals surface area contributed by atoms with Crippen molar-refractivity contribution in [1.82, 2.24) is 37.0 Å². The molecule has 0 aliphatic heterocycles. The summed E-state index contributed by atoms with van der Waals surface area (Å²) in [5.41, 5.74) is 18.5. The summed E-state index contributed by atoms with van der Waals surface area (Å²) in [6.07, 6.45) is 0. The van der Waals surface area contributed by atoms with Crippen LogP contribution < -0.4 is 0 Å². The number of hydrogen-bond acceptors (Lipinski definition) is 3. The third-order valence-electron chi connectivity index (χ3n) is 15.0. The first-order chi connectivity index (χ1) is 35.2. The van der Waals surface area contributed by atoms with Crippen molar-refractivity contribution in [3.8, 4) is 22.7 Å². The minimum Gasteiger partial charge on any atom is -0.454 e. The highest BCUT2D eigenvalue weighted by molar-refractivity contribution is 6.14. The van der Waals surface area contributed by atoms with Gasteiger partial charge in [0.15, 0.2) is 5.58 Å². The van der Waals surface area contributed by atoms with Gasteiger partial charge < -0.3 is 13.6 Å². The van der Waals surface area contributed by atoms with Gasteiger partial charge in [0.2, 0.25) is 11.6 Å². The van der Waals surface area contributed by atoms with E-state index in [1.165, 1.54) is 43.6 Å². The number of fused-ring (bicyclic) bond motifs is 19. The van der Waals surface area contributed by atoms with Crippen LogP contribution in [-0.2, 0) is 0 Å². The predicted molar refractivity (Wildman–Crippen MR) is 289 cm³/mol. The Morgan fingerprint density at radius 2 is 0.704 bits per heavy atom. The van der Waals surface area contributed by atoms with Crippen LogP contribution in [0.5, 0.6) is 0 Å². The van der Waals surface area contributed by atoms with Crippen LogP contribution >= 0.6 is 0 Å². The predicted octanol–water partition coefficient (Wildman–Crippen LogP) is 15.3. The Morgan fingerprint density at radius 1 is 0.296 bits per heavy atom. The number of para-hydroxylation sites is 9. The molecule has 0 fully saturated rings. The SMILES string of the molecule is c1ccc2c(c1)nc1n(-c3cccc4c3oc3cccc(-n5c6ccc(-n7c8ccccc8c8ccccc87)cc6n6c7ccccc7nc56)c34)c3ccc(-n4c5ccccc5c5ccccc54)cc3n21. The molecule has 0 aliphatic rings. The van der Waals surface area contributed by atoms with Gasteiger partial charge in [-0.25, -0.2) is 9.97 Å². The fourth-order valence-corrected chi connectivity index (χ4v) is 12.1. The van der Waals surface area contributed by atoms with Gasteiger partial charge in [-0.05, 0) is 103 Å². The normalized spacial score (nSPS) is 12.5. The molecule has 0 spiro atoms. The van der Waals surface area contributed by atoms with Gasteiger partial charge in [0, 0.05) is 38.3 Å². The van der Waals surface area contributed by atoms with Gasteiger partial charge in [0.05, 0.1) is 83.0 Å². The third kappa shape index (κ3) is 4.78. The largest absolute Gasteiger partial charge is 0.454 e. The minimum absolute atomic E-state index is 0.780. The number of aromatic nitrogens is 8. The van der Waals surface area contributed by atoms with Crippen molar-refractivity contribution in [2.75, 3.05) is 0 Å². The summed E-state index contributed by atoms with van der Waals surface area (Å²) < 4.78 is 21.1. The third-order valence-corrected chi connectivity index (χ3v) is 15.0. The molecule has 0 saturated heterocycles. The smallest absolute Gasteiger partial charge is 0.220 e. The molecule has 71 heavy (non-hydrogen) atoms. The van der Waals surface area contributed by atoms with Gasteiger partial charge in [-0.1, -0.05) is 115 Å². The van der Waals surface area contributed by atoms with Gasteiger partial charge in [-0.15, -0.1) is 0 Å². The highest BCUT2D eigenvalue weighted by atomic mass is 16.3. The Balaban J connectivity index is 0.917. The number of rotatable bonds is 4. The van der Waals surface area contributed by atoms with E-state index in [1.54, 1.807) is 0 Å². The van der Waals surface area contributed by atoms with Gasteiger partial charge in [-0.3, -0.25) is 17.9 Å². The number of furan rings is 1. The van der Waals surface area contributed by atoms with Crippen LogP contribution in [0, 0.1) is 0 Å². The zero-order chi connectivity index (χ0) is 46.1. The molecular formula is C62H36N8O. The molecule has 0 saturated carbocycles. The fraction of sp³-hybridized carbons (Fsp3) is 0. The Morgan fingerprint density at radius 3 is 1.21 bits per heavy atom. The molecule has 330 valence electrons. The van der Waals surface area contributed by atoms with Crippen LogP contribution in [0.3, 0.4) is 0 Å². The lowest BCUT2D eigenvalue weighted by Gasteiger charge is -2.10. The van der Waals surface area contributed by atoms with Crippen LogP contribution in [0.15, 0.2) is 223 Å².